The van der Waals surface area contributed by atoms with E-state index in [0.717, 1.165) is 19.0 Å². The van der Waals surface area contributed by atoms with E-state index in [1.807, 2.05) is 0 Å². The van der Waals surface area contributed by atoms with Crippen molar-refractivity contribution in [1.82, 2.24) is 10.6 Å². The van der Waals surface area contributed by atoms with E-state index >= 15 is 0 Å². The molecule has 16 heavy (non-hydrogen) atoms. The molecular formula is C13H26N2O. The van der Waals surface area contributed by atoms with E-state index in [2.05, 4.69) is 31.4 Å². The summed E-state index contributed by atoms with van der Waals surface area (Å²) < 4.78 is 0. The quantitative estimate of drug-likeness (QED) is 0.726. The van der Waals surface area contributed by atoms with Gasteiger partial charge in [-0.15, -0.1) is 0 Å². The first kappa shape index (κ1) is 13.5. The summed E-state index contributed by atoms with van der Waals surface area (Å²) in [5.41, 5.74) is 0. The van der Waals surface area contributed by atoms with Gasteiger partial charge in [0.25, 0.3) is 0 Å². The van der Waals surface area contributed by atoms with Gasteiger partial charge in [0, 0.05) is 25.6 Å². The van der Waals surface area contributed by atoms with Crippen LogP contribution in [0.4, 0.5) is 0 Å². The molecule has 1 amide bonds. The molecule has 1 aliphatic carbocycles. The van der Waals surface area contributed by atoms with Crippen molar-refractivity contribution in [3.63, 3.8) is 0 Å². The predicted molar refractivity (Wildman–Crippen MR) is 67.3 cm³/mol. The van der Waals surface area contributed by atoms with Gasteiger partial charge in [-0.1, -0.05) is 20.8 Å². The Kier molecular flexibility index (Phi) is 5.81. The lowest BCUT2D eigenvalue weighted by Crippen LogP contribution is -2.33. The Morgan fingerprint density at radius 3 is 2.69 bits per heavy atom. The number of nitrogens with one attached hydrogen (secondary N) is 2. The first-order valence-electron chi connectivity index (χ1n) is 6.58. The molecule has 0 saturated heterocycles. The zero-order chi connectivity index (χ0) is 12.0. The third kappa shape index (κ3) is 5.50. The highest BCUT2D eigenvalue weighted by molar-refractivity contribution is 5.76. The van der Waals surface area contributed by atoms with Crippen LogP contribution < -0.4 is 10.6 Å². The number of carbonyl (C=O) groups is 1. The van der Waals surface area contributed by atoms with Gasteiger partial charge in [0.15, 0.2) is 0 Å². The number of carbonyl (C=O) groups excluding carboxylic acids is 1. The maximum Gasteiger partial charge on any atom is 0.221 e. The summed E-state index contributed by atoms with van der Waals surface area (Å²) in [7, 11) is 0. The van der Waals surface area contributed by atoms with Crippen molar-refractivity contribution >= 4 is 5.91 Å². The lowest BCUT2D eigenvalue weighted by molar-refractivity contribution is -0.121. The first-order chi connectivity index (χ1) is 7.58. The Balaban J connectivity index is 2.00. The SMILES string of the molecule is CC(C)CNC(=O)CCNC1CCC(C)C1. The van der Waals surface area contributed by atoms with E-state index in [1.54, 1.807) is 0 Å². The van der Waals surface area contributed by atoms with E-state index in [9.17, 15) is 4.79 Å². The molecule has 0 aliphatic heterocycles. The van der Waals surface area contributed by atoms with Crippen molar-refractivity contribution < 1.29 is 4.79 Å². The zero-order valence-corrected chi connectivity index (χ0v) is 10.9. The van der Waals surface area contributed by atoms with E-state index in [1.165, 1.54) is 19.3 Å². The summed E-state index contributed by atoms with van der Waals surface area (Å²) in [6.07, 6.45) is 4.48. The van der Waals surface area contributed by atoms with E-state index < -0.39 is 0 Å². The summed E-state index contributed by atoms with van der Waals surface area (Å²) in [6, 6.07) is 0.646. The van der Waals surface area contributed by atoms with Crippen molar-refractivity contribution in [3.8, 4) is 0 Å². The topological polar surface area (TPSA) is 41.1 Å². The number of hydrogen-bond acceptors (Lipinski definition) is 2. The van der Waals surface area contributed by atoms with Gasteiger partial charge >= 0.3 is 0 Å². The second-order valence-corrected chi connectivity index (χ2v) is 5.52. The number of amides is 1. The molecule has 94 valence electrons. The minimum absolute atomic E-state index is 0.173. The molecule has 2 atom stereocenters. The Morgan fingerprint density at radius 2 is 2.12 bits per heavy atom. The van der Waals surface area contributed by atoms with Crippen LogP contribution in [0, 0.1) is 11.8 Å². The summed E-state index contributed by atoms with van der Waals surface area (Å²) in [4.78, 5) is 11.4. The van der Waals surface area contributed by atoms with Crippen LogP contribution in [0.15, 0.2) is 0 Å². The zero-order valence-electron chi connectivity index (χ0n) is 10.9. The van der Waals surface area contributed by atoms with Gasteiger partial charge in [-0.25, -0.2) is 0 Å². The first-order valence-corrected chi connectivity index (χ1v) is 6.58. The van der Waals surface area contributed by atoms with Crippen molar-refractivity contribution in [2.75, 3.05) is 13.1 Å². The molecule has 1 fully saturated rings. The van der Waals surface area contributed by atoms with Crippen LogP contribution in [0.3, 0.4) is 0 Å². The molecule has 0 bridgehead atoms. The normalized spacial score (nSPS) is 25.0. The Labute approximate surface area is 99.4 Å². The Morgan fingerprint density at radius 1 is 1.38 bits per heavy atom. The van der Waals surface area contributed by atoms with Crippen molar-refractivity contribution in [2.45, 2.75) is 52.5 Å². The second kappa shape index (κ2) is 6.89. The lowest BCUT2D eigenvalue weighted by Gasteiger charge is -2.12. The van der Waals surface area contributed by atoms with Gasteiger partial charge in [0.05, 0.1) is 0 Å². The van der Waals surface area contributed by atoms with Gasteiger partial charge < -0.3 is 10.6 Å². The second-order valence-electron chi connectivity index (χ2n) is 5.52. The average Bonchev–Trinajstić information content (AvgIpc) is 2.61. The fraction of sp³-hybridized carbons (Fsp3) is 0.923. The van der Waals surface area contributed by atoms with Crippen molar-refractivity contribution in [2.24, 2.45) is 11.8 Å². The van der Waals surface area contributed by atoms with Gasteiger partial charge in [-0.3, -0.25) is 4.79 Å². The molecule has 0 heterocycles. The maximum atomic E-state index is 11.4. The molecule has 2 unspecified atom stereocenters. The minimum atomic E-state index is 0.173. The van der Waals surface area contributed by atoms with Crippen molar-refractivity contribution in [3.05, 3.63) is 0 Å². The summed E-state index contributed by atoms with van der Waals surface area (Å²) >= 11 is 0. The monoisotopic (exact) mass is 226 g/mol. The molecule has 0 aromatic heterocycles. The molecule has 3 nitrogen and oxygen atoms in total. The number of hydrogen-bond donors (Lipinski definition) is 2. The Hall–Kier alpha value is -0.570. The predicted octanol–water partition coefficient (Wildman–Crippen LogP) is 1.93. The third-order valence-electron chi connectivity index (χ3n) is 3.19. The molecule has 3 heteroatoms. The largest absolute Gasteiger partial charge is 0.356 e. The fourth-order valence-electron chi connectivity index (χ4n) is 2.19. The molecule has 0 spiro atoms. The van der Waals surface area contributed by atoms with Crippen LogP contribution in [-0.2, 0) is 4.79 Å². The molecular weight excluding hydrogens is 200 g/mol. The van der Waals surface area contributed by atoms with Crippen LogP contribution in [0.5, 0.6) is 0 Å². The average molecular weight is 226 g/mol. The molecule has 1 aliphatic rings. The fourth-order valence-corrected chi connectivity index (χ4v) is 2.19. The van der Waals surface area contributed by atoms with Crippen LogP contribution in [0.2, 0.25) is 0 Å². The van der Waals surface area contributed by atoms with Gasteiger partial charge in [-0.2, -0.15) is 0 Å². The van der Waals surface area contributed by atoms with Crippen molar-refractivity contribution in [1.29, 1.82) is 0 Å². The summed E-state index contributed by atoms with van der Waals surface area (Å²) in [5, 5.41) is 6.41. The third-order valence-corrected chi connectivity index (χ3v) is 3.19. The maximum absolute atomic E-state index is 11.4. The molecule has 2 N–H and O–H groups in total. The molecule has 1 saturated carbocycles. The lowest BCUT2D eigenvalue weighted by atomic mass is 10.1. The standard InChI is InChI=1S/C13H26N2O/c1-10(2)9-15-13(16)6-7-14-12-5-4-11(3)8-12/h10-12,14H,4-9H2,1-3H3,(H,15,16). The minimum Gasteiger partial charge on any atom is -0.356 e. The van der Waals surface area contributed by atoms with Gasteiger partial charge in [0.1, 0.15) is 0 Å². The van der Waals surface area contributed by atoms with Crippen LogP contribution in [-0.4, -0.2) is 25.0 Å². The van der Waals surface area contributed by atoms with Crippen LogP contribution >= 0.6 is 0 Å². The van der Waals surface area contributed by atoms with Gasteiger partial charge in [0.2, 0.25) is 5.91 Å². The Bertz CT molecular complexity index is 216. The highest BCUT2D eigenvalue weighted by Gasteiger charge is 2.20. The summed E-state index contributed by atoms with van der Waals surface area (Å²) in [5.74, 6) is 1.56. The van der Waals surface area contributed by atoms with E-state index in [-0.39, 0.29) is 5.91 Å². The smallest absolute Gasteiger partial charge is 0.221 e. The molecule has 0 aromatic carbocycles. The van der Waals surface area contributed by atoms with Crippen LogP contribution in [0.1, 0.15) is 46.5 Å². The van der Waals surface area contributed by atoms with E-state index in [0.29, 0.717) is 18.4 Å². The summed E-state index contributed by atoms with van der Waals surface area (Å²) in [6.45, 7) is 8.13. The highest BCUT2D eigenvalue weighted by atomic mass is 16.1. The number of rotatable bonds is 6. The van der Waals surface area contributed by atoms with Gasteiger partial charge in [-0.05, 0) is 31.1 Å². The molecule has 1 rings (SSSR count). The molecule has 0 radical (unpaired) electrons. The molecule has 0 aromatic rings. The highest BCUT2D eigenvalue weighted by Crippen LogP contribution is 2.24. The van der Waals surface area contributed by atoms with E-state index in [4.69, 9.17) is 0 Å². The van der Waals surface area contributed by atoms with Crippen LogP contribution in [0.25, 0.3) is 0 Å².